The summed E-state index contributed by atoms with van der Waals surface area (Å²) in [5.74, 6) is 0.507. The van der Waals surface area contributed by atoms with E-state index in [1.807, 2.05) is 0 Å². The number of benzene rings is 1. The Bertz CT molecular complexity index is 448. The van der Waals surface area contributed by atoms with Crippen LogP contribution in [-0.4, -0.2) is 20.1 Å². The molecule has 4 nitrogen and oxygen atoms in total. The van der Waals surface area contributed by atoms with Gasteiger partial charge in [-0.2, -0.15) is 8.42 Å². The second-order valence-corrected chi connectivity index (χ2v) is 4.00. The summed E-state index contributed by atoms with van der Waals surface area (Å²) in [5.41, 5.74) is 0.516. The van der Waals surface area contributed by atoms with E-state index in [4.69, 9.17) is 9.29 Å². The van der Waals surface area contributed by atoms with Crippen LogP contribution in [0.4, 0.5) is 0 Å². The summed E-state index contributed by atoms with van der Waals surface area (Å²) in [6, 6.07) is 4.02. The number of hydrogen-bond acceptors (Lipinski definition) is 3. The van der Waals surface area contributed by atoms with Crippen LogP contribution in [0.2, 0.25) is 0 Å². The zero-order chi connectivity index (χ0) is 10.8. The van der Waals surface area contributed by atoms with Crippen LogP contribution in [-0.2, 0) is 10.1 Å². The van der Waals surface area contributed by atoms with E-state index in [9.17, 15) is 8.42 Å². The maximum Gasteiger partial charge on any atom is 0.294 e. The first-order valence-electron chi connectivity index (χ1n) is 3.77. The van der Waals surface area contributed by atoms with Crippen molar-refractivity contribution in [2.75, 3.05) is 7.11 Å². The molecule has 0 fully saturated rings. The second kappa shape index (κ2) is 3.81. The lowest BCUT2D eigenvalue weighted by atomic mass is 10.2. The highest BCUT2D eigenvalue weighted by atomic mass is 32.2. The second-order valence-electron chi connectivity index (χ2n) is 2.58. The summed E-state index contributed by atoms with van der Waals surface area (Å²) in [4.78, 5) is -0.173. The lowest BCUT2D eigenvalue weighted by molar-refractivity contribution is 0.413. The number of hydrogen-bond donors (Lipinski definition) is 1. The molecule has 0 bridgehead atoms. The van der Waals surface area contributed by atoms with E-state index < -0.39 is 10.1 Å². The van der Waals surface area contributed by atoms with Crippen molar-refractivity contribution in [1.29, 1.82) is 0 Å². The lowest BCUT2D eigenvalue weighted by Crippen LogP contribution is -1.99. The van der Waals surface area contributed by atoms with Gasteiger partial charge >= 0.3 is 0 Å². The highest BCUT2D eigenvalue weighted by Crippen LogP contribution is 2.22. The average Bonchev–Trinajstić information content (AvgIpc) is 2.15. The van der Waals surface area contributed by atoms with Crippen molar-refractivity contribution < 1.29 is 17.7 Å². The normalized spacial score (nSPS) is 11.0. The Balaban J connectivity index is 3.35. The molecule has 0 aliphatic carbocycles. The SMILES string of the molecule is C=Cc1cc(S(=O)(=O)O)ccc1OC. The molecule has 0 aromatic heterocycles. The molecule has 0 saturated carbocycles. The van der Waals surface area contributed by atoms with Gasteiger partial charge in [-0.25, -0.2) is 0 Å². The Morgan fingerprint density at radius 2 is 2.14 bits per heavy atom. The maximum absolute atomic E-state index is 10.8. The minimum atomic E-state index is -4.16. The van der Waals surface area contributed by atoms with Gasteiger partial charge in [-0.3, -0.25) is 4.55 Å². The zero-order valence-corrected chi connectivity index (χ0v) is 8.41. The predicted molar refractivity (Wildman–Crippen MR) is 52.9 cm³/mol. The summed E-state index contributed by atoms with van der Waals surface area (Å²) in [5, 5.41) is 0. The molecule has 0 amide bonds. The minimum absolute atomic E-state index is 0.173. The van der Waals surface area contributed by atoms with Crippen molar-refractivity contribution in [3.8, 4) is 5.75 Å². The molecule has 1 N–H and O–H groups in total. The van der Waals surface area contributed by atoms with Crippen LogP contribution in [0.25, 0.3) is 6.08 Å². The third-order valence-corrected chi connectivity index (χ3v) is 2.57. The van der Waals surface area contributed by atoms with E-state index in [1.54, 1.807) is 0 Å². The molecule has 5 heteroatoms. The molecule has 1 aromatic rings. The fourth-order valence-corrected chi connectivity index (χ4v) is 1.55. The van der Waals surface area contributed by atoms with Gasteiger partial charge in [0.05, 0.1) is 12.0 Å². The van der Waals surface area contributed by atoms with Crippen LogP contribution in [0.3, 0.4) is 0 Å². The van der Waals surface area contributed by atoms with E-state index in [2.05, 4.69) is 6.58 Å². The molecule has 1 rings (SSSR count). The number of rotatable bonds is 3. The Hall–Kier alpha value is -1.33. The van der Waals surface area contributed by atoms with Crippen molar-refractivity contribution >= 4 is 16.2 Å². The van der Waals surface area contributed by atoms with Gasteiger partial charge in [0.1, 0.15) is 5.75 Å². The fraction of sp³-hybridized carbons (Fsp3) is 0.111. The van der Waals surface area contributed by atoms with E-state index in [0.717, 1.165) is 0 Å². The van der Waals surface area contributed by atoms with Gasteiger partial charge in [0.15, 0.2) is 0 Å². The molecule has 14 heavy (non-hydrogen) atoms. The summed E-state index contributed by atoms with van der Waals surface area (Å²) in [6.45, 7) is 3.51. The molecular formula is C9H10O4S. The molecule has 0 saturated heterocycles. The molecule has 0 spiro atoms. The van der Waals surface area contributed by atoms with E-state index >= 15 is 0 Å². The molecular weight excluding hydrogens is 204 g/mol. The van der Waals surface area contributed by atoms with Crippen LogP contribution in [0.1, 0.15) is 5.56 Å². The summed E-state index contributed by atoms with van der Waals surface area (Å²) in [6.07, 6.45) is 1.45. The van der Waals surface area contributed by atoms with Gasteiger partial charge < -0.3 is 4.74 Å². The first-order chi connectivity index (χ1) is 6.49. The third kappa shape index (κ3) is 2.12. The highest BCUT2D eigenvalue weighted by Gasteiger charge is 2.11. The predicted octanol–water partition coefficient (Wildman–Crippen LogP) is 1.58. The van der Waals surface area contributed by atoms with Crippen molar-refractivity contribution in [3.05, 3.63) is 30.3 Å². The average molecular weight is 214 g/mol. The van der Waals surface area contributed by atoms with Gasteiger partial charge in [0, 0.05) is 5.56 Å². The lowest BCUT2D eigenvalue weighted by Gasteiger charge is -2.05. The smallest absolute Gasteiger partial charge is 0.294 e. The zero-order valence-electron chi connectivity index (χ0n) is 7.60. The third-order valence-electron chi connectivity index (χ3n) is 1.72. The highest BCUT2D eigenvalue weighted by molar-refractivity contribution is 7.85. The largest absolute Gasteiger partial charge is 0.496 e. The van der Waals surface area contributed by atoms with E-state index in [-0.39, 0.29) is 4.90 Å². The standard InChI is InChI=1S/C9H10O4S/c1-3-7-6-8(14(10,11)12)4-5-9(7)13-2/h3-6H,1H2,2H3,(H,10,11,12). The van der Waals surface area contributed by atoms with Gasteiger partial charge in [-0.15, -0.1) is 0 Å². The Kier molecular flexibility index (Phi) is 2.93. The van der Waals surface area contributed by atoms with Crippen molar-refractivity contribution in [2.24, 2.45) is 0 Å². The summed E-state index contributed by atoms with van der Waals surface area (Å²) < 4.78 is 35.3. The molecule has 0 aliphatic heterocycles. The van der Waals surface area contributed by atoms with Crippen LogP contribution >= 0.6 is 0 Å². The minimum Gasteiger partial charge on any atom is -0.496 e. The van der Waals surface area contributed by atoms with Crippen LogP contribution < -0.4 is 4.74 Å². The molecule has 0 heterocycles. The Morgan fingerprint density at radius 1 is 1.50 bits per heavy atom. The Labute approximate surface area is 82.6 Å². The first-order valence-corrected chi connectivity index (χ1v) is 5.21. The van der Waals surface area contributed by atoms with Crippen LogP contribution in [0.5, 0.6) is 5.75 Å². The fourth-order valence-electron chi connectivity index (χ4n) is 1.03. The van der Waals surface area contributed by atoms with Gasteiger partial charge in [0.2, 0.25) is 0 Å². The van der Waals surface area contributed by atoms with E-state index in [0.29, 0.717) is 11.3 Å². The summed E-state index contributed by atoms with van der Waals surface area (Å²) in [7, 11) is -2.70. The molecule has 76 valence electrons. The quantitative estimate of drug-likeness (QED) is 0.776. The molecule has 1 aromatic carbocycles. The van der Waals surface area contributed by atoms with Crippen molar-refractivity contribution in [3.63, 3.8) is 0 Å². The van der Waals surface area contributed by atoms with Crippen LogP contribution in [0, 0.1) is 0 Å². The summed E-state index contributed by atoms with van der Waals surface area (Å²) >= 11 is 0. The number of methoxy groups -OCH3 is 1. The van der Waals surface area contributed by atoms with Gasteiger partial charge in [-0.1, -0.05) is 12.7 Å². The van der Waals surface area contributed by atoms with Gasteiger partial charge in [0.25, 0.3) is 10.1 Å². The maximum atomic E-state index is 10.8. The molecule has 0 aliphatic rings. The molecule has 0 radical (unpaired) electrons. The van der Waals surface area contributed by atoms with Crippen molar-refractivity contribution in [1.82, 2.24) is 0 Å². The van der Waals surface area contributed by atoms with E-state index in [1.165, 1.54) is 31.4 Å². The first kappa shape index (κ1) is 10.7. The monoisotopic (exact) mass is 214 g/mol. The number of ether oxygens (including phenoxy) is 1. The Morgan fingerprint density at radius 3 is 2.57 bits per heavy atom. The van der Waals surface area contributed by atoms with Gasteiger partial charge in [-0.05, 0) is 18.2 Å². The topological polar surface area (TPSA) is 63.6 Å². The molecule has 0 atom stereocenters. The van der Waals surface area contributed by atoms with Crippen LogP contribution in [0.15, 0.2) is 29.7 Å². The van der Waals surface area contributed by atoms with Crippen molar-refractivity contribution in [2.45, 2.75) is 4.90 Å². The molecule has 0 unspecified atom stereocenters.